The summed E-state index contributed by atoms with van der Waals surface area (Å²) < 4.78 is 5.51. The third-order valence-electron chi connectivity index (χ3n) is 4.95. The number of carbonyl (C=O) groups is 2. The van der Waals surface area contributed by atoms with Crippen molar-refractivity contribution in [2.24, 2.45) is 0 Å². The summed E-state index contributed by atoms with van der Waals surface area (Å²) >= 11 is 5.91. The zero-order valence-corrected chi connectivity index (χ0v) is 17.1. The maximum Gasteiger partial charge on any atom is 0.260 e. The molecule has 0 N–H and O–H groups in total. The van der Waals surface area contributed by atoms with Crippen LogP contribution in [0.3, 0.4) is 0 Å². The van der Waals surface area contributed by atoms with E-state index in [1.54, 1.807) is 4.90 Å². The second-order valence-corrected chi connectivity index (χ2v) is 7.48. The molecule has 2 aromatic carbocycles. The number of amides is 1. The van der Waals surface area contributed by atoms with Crippen LogP contribution in [0.5, 0.6) is 5.75 Å². The number of rotatable bonds is 8. The second-order valence-electron chi connectivity index (χ2n) is 7.04. The van der Waals surface area contributed by atoms with Crippen molar-refractivity contribution in [3.63, 3.8) is 0 Å². The second kappa shape index (κ2) is 10.2. The van der Waals surface area contributed by atoms with Gasteiger partial charge in [-0.2, -0.15) is 0 Å². The summed E-state index contributed by atoms with van der Waals surface area (Å²) in [6, 6.07) is 12.2. The fourth-order valence-electron chi connectivity index (χ4n) is 3.30. The van der Waals surface area contributed by atoms with Crippen molar-refractivity contribution in [2.45, 2.75) is 13.1 Å². The van der Waals surface area contributed by atoms with Crippen LogP contribution in [0.2, 0.25) is 5.02 Å². The van der Waals surface area contributed by atoms with Crippen molar-refractivity contribution in [3.05, 3.63) is 74.3 Å². The van der Waals surface area contributed by atoms with Crippen LogP contribution in [0.1, 0.15) is 21.5 Å². The Morgan fingerprint density at radius 3 is 2.47 bits per heavy atom. The Hall–Kier alpha value is -2.97. The highest BCUT2D eigenvalue weighted by Gasteiger charge is 2.21. The van der Waals surface area contributed by atoms with E-state index in [0.29, 0.717) is 35.7 Å². The van der Waals surface area contributed by atoms with Gasteiger partial charge in [0.1, 0.15) is 5.75 Å². The van der Waals surface area contributed by atoms with E-state index in [4.69, 9.17) is 16.3 Å². The van der Waals surface area contributed by atoms with Crippen LogP contribution in [0, 0.1) is 10.1 Å². The lowest BCUT2D eigenvalue weighted by atomic mass is 10.1. The quantitative estimate of drug-likeness (QED) is 0.362. The molecule has 2 aromatic rings. The van der Waals surface area contributed by atoms with Crippen molar-refractivity contribution in [1.29, 1.82) is 0 Å². The highest BCUT2D eigenvalue weighted by atomic mass is 35.5. The van der Waals surface area contributed by atoms with E-state index in [2.05, 4.69) is 4.90 Å². The topological polar surface area (TPSA) is 93.0 Å². The molecule has 0 saturated carbocycles. The Balaban J connectivity index is 1.47. The van der Waals surface area contributed by atoms with E-state index >= 15 is 0 Å². The lowest BCUT2D eigenvalue weighted by molar-refractivity contribution is -0.496. The zero-order valence-electron chi connectivity index (χ0n) is 16.3. The van der Waals surface area contributed by atoms with Crippen LogP contribution in [0.4, 0.5) is 0 Å². The highest BCUT2D eigenvalue weighted by molar-refractivity contribution is 6.30. The first kappa shape index (κ1) is 21.7. The van der Waals surface area contributed by atoms with E-state index in [0.717, 1.165) is 19.6 Å². The van der Waals surface area contributed by atoms with Gasteiger partial charge < -0.3 is 9.64 Å². The van der Waals surface area contributed by atoms with Gasteiger partial charge in [-0.15, -0.1) is 0 Å². The van der Waals surface area contributed by atoms with Crippen molar-refractivity contribution in [3.8, 4) is 5.75 Å². The number of halogens is 1. The predicted octanol–water partition coefficient (Wildman–Crippen LogP) is 2.65. The highest BCUT2D eigenvalue weighted by Crippen LogP contribution is 2.18. The number of nitrogens with zero attached hydrogens (tertiary/aromatic N) is 3. The van der Waals surface area contributed by atoms with E-state index in [1.165, 1.54) is 23.8 Å². The molecular weight excluding hydrogens is 410 g/mol. The Morgan fingerprint density at radius 1 is 1.13 bits per heavy atom. The third kappa shape index (κ3) is 6.01. The van der Waals surface area contributed by atoms with Gasteiger partial charge in [-0.3, -0.25) is 24.6 Å². The molecule has 1 aliphatic heterocycles. The molecule has 9 heteroatoms. The molecule has 8 nitrogen and oxygen atoms in total. The SMILES string of the molecule is O=Cc1cc(OCC(=O)N2CCN(Cc3ccc(Cl)cc3)CC2)ccc1C[N+](=O)[O-]. The van der Waals surface area contributed by atoms with Crippen LogP contribution < -0.4 is 4.74 Å². The lowest BCUT2D eigenvalue weighted by Gasteiger charge is -2.34. The molecule has 1 heterocycles. The molecule has 0 spiro atoms. The van der Waals surface area contributed by atoms with E-state index < -0.39 is 11.5 Å². The van der Waals surface area contributed by atoms with E-state index in [1.807, 2.05) is 24.3 Å². The molecule has 0 atom stereocenters. The zero-order chi connectivity index (χ0) is 21.5. The van der Waals surface area contributed by atoms with Gasteiger partial charge in [0.15, 0.2) is 12.9 Å². The Labute approximate surface area is 179 Å². The van der Waals surface area contributed by atoms with Crippen LogP contribution in [0.25, 0.3) is 0 Å². The van der Waals surface area contributed by atoms with Crippen molar-refractivity contribution >= 4 is 23.8 Å². The fourth-order valence-corrected chi connectivity index (χ4v) is 3.42. The molecule has 0 radical (unpaired) electrons. The Morgan fingerprint density at radius 2 is 1.83 bits per heavy atom. The smallest absolute Gasteiger partial charge is 0.260 e. The molecule has 0 unspecified atom stereocenters. The lowest BCUT2D eigenvalue weighted by Crippen LogP contribution is -2.49. The van der Waals surface area contributed by atoms with Crippen molar-refractivity contribution in [1.82, 2.24) is 9.80 Å². The van der Waals surface area contributed by atoms with Gasteiger partial charge in [0.05, 0.1) is 0 Å². The van der Waals surface area contributed by atoms with Crippen LogP contribution in [-0.4, -0.2) is 59.7 Å². The average Bonchev–Trinajstić information content (AvgIpc) is 2.74. The molecular formula is C21H22ClN3O5. The molecule has 1 saturated heterocycles. The number of nitro groups is 1. The molecule has 1 aliphatic rings. The maximum atomic E-state index is 12.4. The van der Waals surface area contributed by atoms with Crippen LogP contribution >= 0.6 is 11.6 Å². The maximum absolute atomic E-state index is 12.4. The Bertz CT molecular complexity index is 911. The summed E-state index contributed by atoms with van der Waals surface area (Å²) in [5.41, 5.74) is 1.67. The predicted molar refractivity (Wildman–Crippen MR) is 111 cm³/mol. The fraction of sp³-hybridized carbons (Fsp3) is 0.333. The number of hydrogen-bond donors (Lipinski definition) is 0. The van der Waals surface area contributed by atoms with Crippen LogP contribution in [0.15, 0.2) is 42.5 Å². The van der Waals surface area contributed by atoms with Crippen molar-refractivity contribution in [2.75, 3.05) is 32.8 Å². The average molecular weight is 432 g/mol. The van der Waals surface area contributed by atoms with Gasteiger partial charge in [-0.25, -0.2) is 0 Å². The molecule has 0 aromatic heterocycles. The summed E-state index contributed by atoms with van der Waals surface area (Å²) in [6.07, 6.45) is 0.549. The number of benzene rings is 2. The van der Waals surface area contributed by atoms with Gasteiger partial charge in [-0.05, 0) is 35.9 Å². The minimum absolute atomic E-state index is 0.136. The standard InChI is InChI=1S/C21H22ClN3O5/c22-19-4-1-16(2-5-19)12-23-7-9-24(10-8-23)21(27)15-30-20-6-3-17(13-25(28)29)18(11-20)14-26/h1-6,11,14H,7-10,12-13,15H2. The first-order valence-corrected chi connectivity index (χ1v) is 9.89. The summed E-state index contributed by atoms with van der Waals surface area (Å²) in [6.45, 7) is 2.96. The first-order chi connectivity index (χ1) is 14.4. The van der Waals surface area contributed by atoms with Gasteiger partial charge in [0.25, 0.3) is 5.91 Å². The normalized spacial score (nSPS) is 14.4. The van der Waals surface area contributed by atoms with Gasteiger partial charge in [0.2, 0.25) is 6.54 Å². The molecule has 3 rings (SSSR count). The molecule has 30 heavy (non-hydrogen) atoms. The molecule has 1 fully saturated rings. The summed E-state index contributed by atoms with van der Waals surface area (Å²) in [4.78, 5) is 37.8. The molecule has 0 aliphatic carbocycles. The molecule has 0 bridgehead atoms. The number of ether oxygens (including phenoxy) is 1. The van der Waals surface area contributed by atoms with E-state index in [9.17, 15) is 19.7 Å². The largest absolute Gasteiger partial charge is 0.484 e. The van der Waals surface area contributed by atoms with Gasteiger partial charge in [0, 0.05) is 53.8 Å². The molecule has 1 amide bonds. The van der Waals surface area contributed by atoms with Gasteiger partial charge >= 0.3 is 0 Å². The molecule has 158 valence electrons. The van der Waals surface area contributed by atoms with Crippen molar-refractivity contribution < 1.29 is 19.2 Å². The number of aldehydes is 1. The monoisotopic (exact) mass is 431 g/mol. The van der Waals surface area contributed by atoms with Gasteiger partial charge in [-0.1, -0.05) is 23.7 Å². The van der Waals surface area contributed by atoms with E-state index in [-0.39, 0.29) is 18.1 Å². The summed E-state index contributed by atoms with van der Waals surface area (Å²) in [7, 11) is 0. The summed E-state index contributed by atoms with van der Waals surface area (Å²) in [5.74, 6) is 0.196. The number of carbonyl (C=O) groups excluding carboxylic acids is 2. The third-order valence-corrected chi connectivity index (χ3v) is 5.20. The number of hydrogen-bond acceptors (Lipinski definition) is 6. The Kier molecular flexibility index (Phi) is 7.37. The first-order valence-electron chi connectivity index (χ1n) is 9.52. The minimum Gasteiger partial charge on any atom is -0.484 e. The van der Waals surface area contributed by atoms with Crippen LogP contribution in [-0.2, 0) is 17.9 Å². The number of piperazine rings is 1. The minimum atomic E-state index is -0.501. The summed E-state index contributed by atoms with van der Waals surface area (Å²) in [5, 5.41) is 11.4.